The minimum atomic E-state index is -0.135. The molecule has 1 aromatic rings. The molecule has 0 radical (unpaired) electrons. The summed E-state index contributed by atoms with van der Waals surface area (Å²) < 4.78 is 1.02. The number of amides is 1. The van der Waals surface area contributed by atoms with Crippen molar-refractivity contribution < 1.29 is 4.79 Å². The van der Waals surface area contributed by atoms with Crippen LogP contribution in [0.4, 0.5) is 0 Å². The van der Waals surface area contributed by atoms with Gasteiger partial charge in [-0.3, -0.25) is 9.69 Å². The summed E-state index contributed by atoms with van der Waals surface area (Å²) in [4.78, 5) is 14.1. The van der Waals surface area contributed by atoms with E-state index in [1.54, 1.807) is 7.05 Å². The molecule has 2 N–H and O–H groups in total. The first-order valence-electron chi connectivity index (χ1n) is 6.22. The van der Waals surface area contributed by atoms with Crippen molar-refractivity contribution >= 4 is 33.4 Å². The quantitative estimate of drug-likeness (QED) is 0.874. The van der Waals surface area contributed by atoms with Crippen LogP contribution in [0, 0.1) is 0 Å². The van der Waals surface area contributed by atoms with Crippen molar-refractivity contribution in [1.82, 2.24) is 15.5 Å². The summed E-state index contributed by atoms with van der Waals surface area (Å²) in [6.07, 6.45) is 0. The second kappa shape index (κ2) is 6.70. The third-order valence-electron chi connectivity index (χ3n) is 3.28. The number of halogens is 2. The number of hydrogen-bond donors (Lipinski definition) is 2. The largest absolute Gasteiger partial charge is 0.358 e. The smallest absolute Gasteiger partial charge is 0.238 e. The van der Waals surface area contributed by atoms with Crippen LogP contribution in [0.1, 0.15) is 5.56 Å². The van der Waals surface area contributed by atoms with E-state index in [1.807, 2.05) is 18.2 Å². The van der Waals surface area contributed by atoms with Gasteiger partial charge in [-0.2, -0.15) is 0 Å². The summed E-state index contributed by atoms with van der Waals surface area (Å²) in [6.45, 7) is 3.13. The highest BCUT2D eigenvalue weighted by atomic mass is 79.9. The molecule has 104 valence electrons. The lowest BCUT2D eigenvalue weighted by molar-refractivity contribution is -0.126. The molecule has 0 saturated carbocycles. The normalized spacial score (nSPS) is 20.3. The molecule has 1 aliphatic rings. The van der Waals surface area contributed by atoms with E-state index in [4.69, 9.17) is 11.6 Å². The van der Waals surface area contributed by atoms with Gasteiger partial charge >= 0.3 is 0 Å². The van der Waals surface area contributed by atoms with Crippen LogP contribution >= 0.6 is 27.5 Å². The van der Waals surface area contributed by atoms with E-state index in [-0.39, 0.29) is 11.9 Å². The molecule has 1 fully saturated rings. The van der Waals surface area contributed by atoms with E-state index < -0.39 is 0 Å². The Morgan fingerprint density at radius 1 is 1.63 bits per heavy atom. The molecular weight excluding hydrogens is 330 g/mol. The Hall–Kier alpha value is -0.620. The summed E-state index contributed by atoms with van der Waals surface area (Å²) in [5.74, 6) is 0.0466. The topological polar surface area (TPSA) is 44.4 Å². The van der Waals surface area contributed by atoms with Crippen molar-refractivity contribution in [2.24, 2.45) is 0 Å². The van der Waals surface area contributed by atoms with Crippen molar-refractivity contribution in [2.45, 2.75) is 12.6 Å². The highest BCUT2D eigenvalue weighted by molar-refractivity contribution is 9.10. The minimum Gasteiger partial charge on any atom is -0.358 e. The van der Waals surface area contributed by atoms with Crippen molar-refractivity contribution in [3.63, 3.8) is 0 Å². The fourth-order valence-electron chi connectivity index (χ4n) is 2.24. The number of nitrogens with zero attached hydrogens (tertiary/aromatic N) is 1. The minimum absolute atomic E-state index is 0.0466. The molecule has 1 aromatic carbocycles. The van der Waals surface area contributed by atoms with E-state index in [1.165, 1.54) is 0 Å². The molecule has 1 amide bonds. The molecule has 0 aromatic heterocycles. The van der Waals surface area contributed by atoms with Crippen molar-refractivity contribution in [3.8, 4) is 0 Å². The predicted molar refractivity (Wildman–Crippen MR) is 80.3 cm³/mol. The zero-order chi connectivity index (χ0) is 13.8. The van der Waals surface area contributed by atoms with Crippen LogP contribution in [0.5, 0.6) is 0 Å². The Morgan fingerprint density at radius 2 is 2.42 bits per heavy atom. The van der Waals surface area contributed by atoms with Gasteiger partial charge in [-0.15, -0.1) is 0 Å². The van der Waals surface area contributed by atoms with Gasteiger partial charge in [0, 0.05) is 42.7 Å². The lowest BCUT2D eigenvalue weighted by Gasteiger charge is -2.35. The van der Waals surface area contributed by atoms with E-state index in [0.29, 0.717) is 18.1 Å². The van der Waals surface area contributed by atoms with Crippen LogP contribution in [0.25, 0.3) is 0 Å². The van der Waals surface area contributed by atoms with Gasteiger partial charge < -0.3 is 10.6 Å². The number of hydrogen-bond acceptors (Lipinski definition) is 3. The van der Waals surface area contributed by atoms with E-state index in [9.17, 15) is 4.79 Å². The molecule has 6 heteroatoms. The number of carbonyl (C=O) groups excluding carboxylic acids is 1. The molecule has 1 heterocycles. The predicted octanol–water partition coefficient (Wildman–Crippen LogP) is 1.62. The first-order valence-corrected chi connectivity index (χ1v) is 7.39. The van der Waals surface area contributed by atoms with Gasteiger partial charge in [-0.05, 0) is 23.8 Å². The second-order valence-corrected chi connectivity index (χ2v) is 5.83. The average molecular weight is 347 g/mol. The first kappa shape index (κ1) is 14.8. The molecule has 4 nitrogen and oxygen atoms in total. The van der Waals surface area contributed by atoms with E-state index in [2.05, 4.69) is 31.5 Å². The number of likely N-dealkylation sites (N-methyl/N-ethyl adjacent to an activating group) is 1. The van der Waals surface area contributed by atoms with Gasteiger partial charge in [0.1, 0.15) is 6.04 Å². The maximum atomic E-state index is 11.9. The first-order chi connectivity index (χ1) is 9.11. The highest BCUT2D eigenvalue weighted by Gasteiger charge is 2.28. The molecule has 1 unspecified atom stereocenters. The zero-order valence-electron chi connectivity index (χ0n) is 10.7. The third kappa shape index (κ3) is 3.69. The summed E-state index contributed by atoms with van der Waals surface area (Å²) in [7, 11) is 1.67. The number of nitrogens with one attached hydrogen (secondary N) is 2. The molecule has 1 aliphatic heterocycles. The average Bonchev–Trinajstić information content (AvgIpc) is 2.42. The maximum Gasteiger partial charge on any atom is 0.238 e. The molecule has 19 heavy (non-hydrogen) atoms. The van der Waals surface area contributed by atoms with Gasteiger partial charge in [0.15, 0.2) is 0 Å². The van der Waals surface area contributed by atoms with Gasteiger partial charge in [0.25, 0.3) is 0 Å². The standard InChI is InChI=1S/C13H17BrClN3O/c1-16-13(19)12-7-17-4-5-18(12)8-9-6-10(15)2-3-11(9)14/h2-3,6,12,17H,4-5,7-8H2,1H3,(H,16,19). The fourth-order valence-corrected chi connectivity index (χ4v) is 2.81. The van der Waals surface area contributed by atoms with Crippen LogP contribution in [-0.4, -0.2) is 43.5 Å². The monoisotopic (exact) mass is 345 g/mol. The highest BCUT2D eigenvalue weighted by Crippen LogP contribution is 2.23. The Bertz CT molecular complexity index is 469. The SMILES string of the molecule is CNC(=O)C1CNCCN1Cc1cc(Cl)ccc1Br. The molecule has 0 aliphatic carbocycles. The molecule has 0 bridgehead atoms. The number of carbonyl (C=O) groups is 1. The van der Waals surface area contributed by atoms with Gasteiger partial charge in [0.2, 0.25) is 5.91 Å². The van der Waals surface area contributed by atoms with Crippen molar-refractivity contribution in [1.29, 1.82) is 0 Å². The molecule has 1 saturated heterocycles. The molecule has 0 spiro atoms. The second-order valence-electron chi connectivity index (χ2n) is 4.54. The summed E-state index contributed by atoms with van der Waals surface area (Å²) in [5, 5.41) is 6.68. The van der Waals surface area contributed by atoms with Crippen molar-refractivity contribution in [2.75, 3.05) is 26.7 Å². The fraction of sp³-hybridized carbons (Fsp3) is 0.462. The van der Waals surface area contributed by atoms with Crippen LogP contribution in [0.15, 0.2) is 22.7 Å². The Balaban J connectivity index is 2.15. The number of benzene rings is 1. The van der Waals surface area contributed by atoms with Crippen LogP contribution in [0.2, 0.25) is 5.02 Å². The summed E-state index contributed by atoms with van der Waals surface area (Å²) >= 11 is 9.56. The number of piperazine rings is 1. The number of rotatable bonds is 3. The maximum absolute atomic E-state index is 11.9. The lowest BCUT2D eigenvalue weighted by Crippen LogP contribution is -2.56. The van der Waals surface area contributed by atoms with Gasteiger partial charge in [-0.25, -0.2) is 0 Å². The van der Waals surface area contributed by atoms with E-state index in [0.717, 1.165) is 23.1 Å². The Kier molecular flexibility index (Phi) is 5.21. The molecule has 2 rings (SSSR count). The summed E-state index contributed by atoms with van der Waals surface area (Å²) in [6, 6.07) is 5.59. The Morgan fingerprint density at radius 3 is 3.16 bits per heavy atom. The molecular formula is C13H17BrClN3O. The van der Waals surface area contributed by atoms with Gasteiger partial charge in [-0.1, -0.05) is 27.5 Å². The van der Waals surface area contributed by atoms with Crippen molar-refractivity contribution in [3.05, 3.63) is 33.3 Å². The third-order valence-corrected chi connectivity index (χ3v) is 4.29. The Labute approximate surface area is 126 Å². The van der Waals surface area contributed by atoms with Crippen LogP contribution in [0.3, 0.4) is 0 Å². The van der Waals surface area contributed by atoms with Gasteiger partial charge in [0.05, 0.1) is 0 Å². The lowest BCUT2D eigenvalue weighted by atomic mass is 10.1. The molecule has 1 atom stereocenters. The van der Waals surface area contributed by atoms with Crippen LogP contribution < -0.4 is 10.6 Å². The van der Waals surface area contributed by atoms with Crippen LogP contribution in [-0.2, 0) is 11.3 Å². The van der Waals surface area contributed by atoms with E-state index >= 15 is 0 Å². The summed E-state index contributed by atoms with van der Waals surface area (Å²) in [5.41, 5.74) is 1.10. The zero-order valence-corrected chi connectivity index (χ0v) is 13.1.